The van der Waals surface area contributed by atoms with Gasteiger partial charge in [-0.3, -0.25) is 0 Å². The molecule has 6 nitrogen and oxygen atoms in total. The second-order valence-electron chi connectivity index (χ2n) is 12.1. The molecule has 0 heterocycles. The van der Waals surface area contributed by atoms with E-state index >= 15 is 0 Å². The van der Waals surface area contributed by atoms with Crippen LogP contribution in [0.1, 0.15) is 117 Å². The van der Waals surface area contributed by atoms with Crippen LogP contribution in [0, 0.1) is 0 Å². The van der Waals surface area contributed by atoms with Crippen LogP contribution in [0.2, 0.25) is 0 Å². The molecule has 0 aliphatic carbocycles. The summed E-state index contributed by atoms with van der Waals surface area (Å²) in [6.07, 6.45) is 11.7. The first kappa shape index (κ1) is 33.2. The van der Waals surface area contributed by atoms with Crippen molar-refractivity contribution in [2.24, 2.45) is 0 Å². The molecule has 0 atom stereocenters. The van der Waals surface area contributed by atoms with Crippen LogP contribution in [0.3, 0.4) is 0 Å². The quantitative estimate of drug-likeness (QED) is 0.0728. The molecule has 3 rings (SSSR count). The molecule has 0 saturated heterocycles. The molecule has 0 amide bonds. The molecule has 0 unspecified atom stereocenters. The highest BCUT2D eigenvalue weighted by molar-refractivity contribution is 6.13. The molecule has 0 aromatic heterocycles. The number of rotatable bonds is 16. The predicted octanol–water partition coefficient (Wildman–Crippen LogP) is 11.0. The molecule has 3 aromatic carbocycles. The highest BCUT2D eigenvalue weighted by Crippen LogP contribution is 2.46. The van der Waals surface area contributed by atoms with Gasteiger partial charge in [0.05, 0.1) is 13.2 Å². The first-order valence-corrected chi connectivity index (χ1v) is 15.9. The van der Waals surface area contributed by atoms with E-state index in [1.807, 2.05) is 42.5 Å². The molecule has 0 saturated carbocycles. The minimum Gasteiger partial charge on any atom is -0.434 e. The van der Waals surface area contributed by atoms with Gasteiger partial charge in [-0.2, -0.15) is 0 Å². The van der Waals surface area contributed by atoms with Gasteiger partial charge in [0.15, 0.2) is 5.75 Å². The molecule has 3 aromatic rings. The van der Waals surface area contributed by atoms with E-state index in [9.17, 15) is 9.59 Å². The molecule has 42 heavy (non-hydrogen) atoms. The van der Waals surface area contributed by atoms with Crippen molar-refractivity contribution < 1.29 is 28.5 Å². The second-order valence-corrected chi connectivity index (χ2v) is 12.1. The number of hydrogen-bond acceptors (Lipinski definition) is 6. The van der Waals surface area contributed by atoms with Crippen LogP contribution < -0.4 is 9.47 Å². The average Bonchev–Trinajstić information content (AvgIpc) is 2.97. The Hall–Kier alpha value is -3.28. The summed E-state index contributed by atoms with van der Waals surface area (Å²) in [4.78, 5) is 25.8. The van der Waals surface area contributed by atoms with E-state index in [1.54, 1.807) is 0 Å². The standard InChI is InChI=1S/C36H50O6/c1-6-8-10-12-14-18-25-39-34(37)41-32-27-21-16-17-22-28(27)33(31-29(32)23-20-24-30(31)36(3,4)5)42-35(38)40-26-19-15-13-11-9-7-2/h16-17,20-24H,6-15,18-19,25-26H2,1-5H3. The smallest absolute Gasteiger partial charge is 0.434 e. The van der Waals surface area contributed by atoms with Crippen molar-refractivity contribution in [3.63, 3.8) is 0 Å². The van der Waals surface area contributed by atoms with Crippen LogP contribution in [-0.2, 0) is 14.9 Å². The zero-order chi connectivity index (χ0) is 30.4. The number of hydrogen-bond donors (Lipinski definition) is 0. The lowest BCUT2D eigenvalue weighted by Crippen LogP contribution is -2.16. The summed E-state index contributed by atoms with van der Waals surface area (Å²) in [7, 11) is 0. The van der Waals surface area contributed by atoms with Crippen LogP contribution in [0.25, 0.3) is 21.5 Å². The Labute approximate surface area is 252 Å². The summed E-state index contributed by atoms with van der Waals surface area (Å²) >= 11 is 0. The second kappa shape index (κ2) is 17.0. The number of benzene rings is 3. The highest BCUT2D eigenvalue weighted by atomic mass is 16.7. The number of fused-ring (bicyclic) bond motifs is 2. The maximum absolute atomic E-state index is 12.9. The molecular formula is C36H50O6. The molecule has 0 N–H and O–H groups in total. The first-order chi connectivity index (χ1) is 20.3. The van der Waals surface area contributed by atoms with Gasteiger partial charge in [0.1, 0.15) is 5.75 Å². The SMILES string of the molecule is CCCCCCCCOC(=O)Oc1c2ccccc2c(OC(=O)OCCCCCCCC)c2c(C(C)(C)C)cccc12. The molecule has 0 bridgehead atoms. The van der Waals surface area contributed by atoms with Crippen LogP contribution >= 0.6 is 0 Å². The molecule has 0 aliphatic rings. The van der Waals surface area contributed by atoms with Crippen LogP contribution in [-0.4, -0.2) is 25.5 Å². The van der Waals surface area contributed by atoms with Gasteiger partial charge in [-0.15, -0.1) is 0 Å². The Morgan fingerprint density at radius 3 is 1.55 bits per heavy atom. The fourth-order valence-electron chi connectivity index (χ4n) is 5.29. The van der Waals surface area contributed by atoms with Gasteiger partial charge in [0.25, 0.3) is 0 Å². The molecular weight excluding hydrogens is 528 g/mol. The van der Waals surface area contributed by atoms with E-state index in [2.05, 4.69) is 34.6 Å². The van der Waals surface area contributed by atoms with Gasteiger partial charge in [-0.1, -0.05) is 141 Å². The highest BCUT2D eigenvalue weighted by Gasteiger charge is 2.26. The average molecular weight is 579 g/mol. The zero-order valence-corrected chi connectivity index (χ0v) is 26.4. The van der Waals surface area contributed by atoms with E-state index in [1.165, 1.54) is 38.5 Å². The van der Waals surface area contributed by atoms with Gasteiger partial charge < -0.3 is 18.9 Å². The molecule has 0 spiro atoms. The molecule has 0 aliphatic heterocycles. The fourth-order valence-corrected chi connectivity index (χ4v) is 5.29. The summed E-state index contributed by atoms with van der Waals surface area (Å²) in [6.45, 7) is 11.3. The summed E-state index contributed by atoms with van der Waals surface area (Å²) < 4.78 is 22.8. The van der Waals surface area contributed by atoms with Crippen molar-refractivity contribution in [3.05, 3.63) is 48.0 Å². The Balaban J connectivity index is 1.87. The number of unbranched alkanes of at least 4 members (excludes halogenated alkanes) is 10. The number of carbonyl (C=O) groups is 2. The summed E-state index contributed by atoms with van der Waals surface area (Å²) in [6, 6.07) is 13.3. The third-order valence-electron chi connectivity index (χ3n) is 7.57. The summed E-state index contributed by atoms with van der Waals surface area (Å²) in [5.41, 5.74) is 0.688. The molecule has 6 heteroatoms. The lowest BCUT2D eigenvalue weighted by Gasteiger charge is -2.24. The van der Waals surface area contributed by atoms with E-state index in [-0.39, 0.29) is 5.41 Å². The number of ether oxygens (including phenoxy) is 4. The molecule has 0 radical (unpaired) electrons. The Kier molecular flexibility index (Phi) is 13.4. The third-order valence-corrected chi connectivity index (χ3v) is 7.57. The Bertz CT molecular complexity index is 1290. The summed E-state index contributed by atoms with van der Waals surface area (Å²) in [5.74, 6) is 0.805. The predicted molar refractivity (Wildman–Crippen MR) is 171 cm³/mol. The van der Waals surface area contributed by atoms with Gasteiger partial charge in [0, 0.05) is 21.5 Å². The molecule has 0 fully saturated rings. The third kappa shape index (κ3) is 9.64. The van der Waals surface area contributed by atoms with Crippen molar-refractivity contribution in [3.8, 4) is 11.5 Å². The van der Waals surface area contributed by atoms with Crippen molar-refractivity contribution in [1.29, 1.82) is 0 Å². The normalized spacial score (nSPS) is 11.5. The maximum Gasteiger partial charge on any atom is 0.513 e. The molecule has 230 valence electrons. The van der Waals surface area contributed by atoms with Crippen molar-refractivity contribution in [1.82, 2.24) is 0 Å². The van der Waals surface area contributed by atoms with E-state index < -0.39 is 12.3 Å². The monoisotopic (exact) mass is 578 g/mol. The lowest BCUT2D eigenvalue weighted by molar-refractivity contribution is 0.0965. The van der Waals surface area contributed by atoms with Crippen LogP contribution in [0.4, 0.5) is 9.59 Å². The van der Waals surface area contributed by atoms with Crippen LogP contribution in [0.15, 0.2) is 42.5 Å². The fraction of sp³-hybridized carbons (Fsp3) is 0.556. The van der Waals surface area contributed by atoms with E-state index in [0.717, 1.165) is 49.5 Å². The van der Waals surface area contributed by atoms with Gasteiger partial charge in [-0.25, -0.2) is 9.59 Å². The maximum atomic E-state index is 12.9. The van der Waals surface area contributed by atoms with Crippen molar-refractivity contribution in [2.45, 2.75) is 117 Å². The van der Waals surface area contributed by atoms with Gasteiger partial charge in [-0.05, 0) is 23.8 Å². The Morgan fingerprint density at radius 2 is 1.02 bits per heavy atom. The Morgan fingerprint density at radius 1 is 0.571 bits per heavy atom. The first-order valence-electron chi connectivity index (χ1n) is 15.9. The lowest BCUT2D eigenvalue weighted by atomic mass is 9.82. The van der Waals surface area contributed by atoms with E-state index in [0.29, 0.717) is 40.9 Å². The van der Waals surface area contributed by atoms with Crippen molar-refractivity contribution >= 4 is 33.9 Å². The number of carbonyl (C=O) groups excluding carboxylic acids is 2. The largest absolute Gasteiger partial charge is 0.513 e. The van der Waals surface area contributed by atoms with E-state index in [4.69, 9.17) is 18.9 Å². The van der Waals surface area contributed by atoms with Gasteiger partial charge in [0.2, 0.25) is 0 Å². The summed E-state index contributed by atoms with van der Waals surface area (Å²) in [5, 5.41) is 2.72. The topological polar surface area (TPSA) is 71.1 Å². The minimum atomic E-state index is -0.733. The zero-order valence-electron chi connectivity index (χ0n) is 26.4. The minimum absolute atomic E-state index is 0.280. The van der Waals surface area contributed by atoms with Gasteiger partial charge >= 0.3 is 12.3 Å². The van der Waals surface area contributed by atoms with Crippen LogP contribution in [0.5, 0.6) is 11.5 Å². The van der Waals surface area contributed by atoms with Crippen molar-refractivity contribution in [2.75, 3.05) is 13.2 Å².